The predicted octanol–water partition coefficient (Wildman–Crippen LogP) is 4.23. The average Bonchev–Trinajstić information content (AvgIpc) is 3.20. The monoisotopic (exact) mass is 519 g/mol. The normalized spacial score (nSPS) is 19.7. The number of benzene rings is 1. The highest BCUT2D eigenvalue weighted by atomic mass is 35.5. The number of halogens is 1. The highest BCUT2D eigenvalue weighted by Gasteiger charge is 2.38. The fraction of sp³-hybridized carbons (Fsp3) is 0.500. The molecule has 2 aromatic heterocycles. The lowest BCUT2D eigenvalue weighted by molar-refractivity contribution is 0.0948. The summed E-state index contributed by atoms with van der Waals surface area (Å²) in [4.78, 5) is 8.33. The fourth-order valence-electron chi connectivity index (χ4n) is 4.52. The number of sulfone groups is 1. The number of hydrogen-bond acceptors (Lipinski definition) is 8. The van der Waals surface area contributed by atoms with Crippen LogP contribution >= 0.6 is 11.6 Å². The molecule has 35 heavy (non-hydrogen) atoms. The van der Waals surface area contributed by atoms with Crippen molar-refractivity contribution in [2.45, 2.75) is 56.6 Å². The molecule has 0 aliphatic heterocycles. The summed E-state index contributed by atoms with van der Waals surface area (Å²) in [6.07, 6.45) is 4.05. The summed E-state index contributed by atoms with van der Waals surface area (Å²) in [5.74, 6) is 2.30. The Hall–Kier alpha value is -2.56. The standard InChI is InChI=1S/C24H30ClN5O4S/c1-14-9-10-18(14)24-29-28-20(30(24)21-15(2)7-6-8-19(21)33-4)13-35(31,32)16(3)22(34-5)23-26-11-17(25)12-27-23/h6-8,11-12,14,16,18,22H,9-10,13H2,1-5H3/t14-,16+,18+,22+/m1/s1. The molecule has 4 rings (SSSR count). The van der Waals surface area contributed by atoms with E-state index < -0.39 is 21.2 Å². The van der Waals surface area contributed by atoms with Gasteiger partial charge in [0.05, 0.1) is 23.1 Å². The summed E-state index contributed by atoms with van der Waals surface area (Å²) in [6, 6.07) is 5.73. The van der Waals surface area contributed by atoms with Crippen LogP contribution < -0.4 is 4.74 Å². The van der Waals surface area contributed by atoms with Gasteiger partial charge in [0, 0.05) is 25.4 Å². The molecular formula is C24H30ClN5O4S. The zero-order valence-electron chi connectivity index (χ0n) is 20.5. The van der Waals surface area contributed by atoms with Crippen LogP contribution in [0.4, 0.5) is 0 Å². The maximum atomic E-state index is 13.6. The summed E-state index contributed by atoms with van der Waals surface area (Å²) >= 11 is 5.89. The molecule has 4 atom stereocenters. The van der Waals surface area contributed by atoms with E-state index >= 15 is 0 Å². The molecule has 0 amide bonds. The van der Waals surface area contributed by atoms with E-state index in [1.54, 1.807) is 14.0 Å². The van der Waals surface area contributed by atoms with Crippen LogP contribution in [0.1, 0.15) is 61.7 Å². The van der Waals surface area contributed by atoms with Crippen molar-refractivity contribution < 1.29 is 17.9 Å². The van der Waals surface area contributed by atoms with Gasteiger partial charge in [-0.15, -0.1) is 10.2 Å². The minimum atomic E-state index is -3.76. The van der Waals surface area contributed by atoms with Crippen molar-refractivity contribution >= 4 is 21.4 Å². The van der Waals surface area contributed by atoms with Crippen LogP contribution in [0.15, 0.2) is 30.6 Å². The number of para-hydroxylation sites is 1. The van der Waals surface area contributed by atoms with Crippen molar-refractivity contribution in [3.63, 3.8) is 0 Å². The highest BCUT2D eigenvalue weighted by Crippen LogP contribution is 2.43. The Labute approximate surface area is 210 Å². The second-order valence-corrected chi connectivity index (χ2v) is 11.8. The van der Waals surface area contributed by atoms with Gasteiger partial charge in [0.2, 0.25) is 0 Å². The Kier molecular flexibility index (Phi) is 7.44. The van der Waals surface area contributed by atoms with E-state index in [9.17, 15) is 8.42 Å². The SMILES string of the molecule is COc1cccc(C)c1-n1c(CS(=O)(=O)[C@@H](C)[C@H](OC)c2ncc(Cl)cn2)nnc1[C@H]1CC[C@H]1C. The lowest BCUT2D eigenvalue weighted by atomic mass is 9.74. The van der Waals surface area contributed by atoms with Crippen LogP contribution in [-0.2, 0) is 20.3 Å². The number of aryl methyl sites for hydroxylation is 1. The molecule has 1 aliphatic rings. The van der Waals surface area contributed by atoms with Crippen LogP contribution in [0, 0.1) is 12.8 Å². The van der Waals surface area contributed by atoms with E-state index in [-0.39, 0.29) is 17.5 Å². The van der Waals surface area contributed by atoms with E-state index in [0.29, 0.717) is 22.5 Å². The fourth-order valence-corrected chi connectivity index (χ4v) is 6.03. The highest BCUT2D eigenvalue weighted by molar-refractivity contribution is 7.91. The molecule has 1 fully saturated rings. The number of methoxy groups -OCH3 is 2. The van der Waals surface area contributed by atoms with Crippen molar-refractivity contribution in [2.75, 3.05) is 14.2 Å². The molecule has 0 bridgehead atoms. The van der Waals surface area contributed by atoms with Crippen molar-refractivity contribution in [3.05, 3.63) is 58.7 Å². The van der Waals surface area contributed by atoms with Crippen molar-refractivity contribution in [1.82, 2.24) is 24.7 Å². The quantitative estimate of drug-likeness (QED) is 0.413. The zero-order chi connectivity index (χ0) is 25.3. The second kappa shape index (κ2) is 10.2. The van der Waals surface area contributed by atoms with Crippen molar-refractivity contribution in [3.8, 4) is 11.4 Å². The van der Waals surface area contributed by atoms with Crippen molar-refractivity contribution in [1.29, 1.82) is 0 Å². The number of rotatable bonds is 9. The molecule has 2 heterocycles. The smallest absolute Gasteiger partial charge is 0.163 e. The summed E-state index contributed by atoms with van der Waals surface area (Å²) in [5, 5.41) is 8.27. The van der Waals surface area contributed by atoms with Gasteiger partial charge in [-0.25, -0.2) is 18.4 Å². The number of aromatic nitrogens is 5. The Morgan fingerprint density at radius 1 is 1.17 bits per heavy atom. The van der Waals surface area contributed by atoms with Crippen LogP contribution in [0.5, 0.6) is 5.75 Å². The van der Waals surface area contributed by atoms with Gasteiger partial charge >= 0.3 is 0 Å². The molecule has 11 heteroatoms. The first-order valence-corrected chi connectivity index (χ1v) is 13.6. The summed E-state index contributed by atoms with van der Waals surface area (Å²) in [5.41, 5.74) is 1.70. The van der Waals surface area contributed by atoms with Gasteiger partial charge in [0.15, 0.2) is 21.5 Å². The molecule has 3 aromatic rings. The zero-order valence-corrected chi connectivity index (χ0v) is 22.0. The first-order chi connectivity index (χ1) is 16.7. The molecule has 0 radical (unpaired) electrons. The summed E-state index contributed by atoms with van der Waals surface area (Å²) in [6.45, 7) is 5.73. The first kappa shape index (κ1) is 25.5. The van der Waals surface area contributed by atoms with E-state index in [2.05, 4.69) is 27.1 Å². The maximum Gasteiger partial charge on any atom is 0.163 e. The van der Waals surface area contributed by atoms with E-state index in [0.717, 1.165) is 29.9 Å². The Bertz CT molecular complexity index is 1300. The summed E-state index contributed by atoms with van der Waals surface area (Å²) < 4.78 is 40.3. The lowest BCUT2D eigenvalue weighted by Gasteiger charge is -2.33. The third-order valence-electron chi connectivity index (χ3n) is 6.82. The second-order valence-electron chi connectivity index (χ2n) is 9.02. The van der Waals surface area contributed by atoms with E-state index in [4.69, 9.17) is 21.1 Å². The van der Waals surface area contributed by atoms with Gasteiger partial charge in [0.1, 0.15) is 23.4 Å². The summed E-state index contributed by atoms with van der Waals surface area (Å²) in [7, 11) is -0.727. The van der Waals surface area contributed by atoms with Gasteiger partial charge in [-0.05, 0) is 44.2 Å². The minimum absolute atomic E-state index is 0.204. The molecule has 0 unspecified atom stereocenters. The van der Waals surface area contributed by atoms with Crippen molar-refractivity contribution in [2.24, 2.45) is 5.92 Å². The van der Waals surface area contributed by atoms with E-state index in [1.165, 1.54) is 19.5 Å². The van der Waals surface area contributed by atoms with Gasteiger partial charge in [0.25, 0.3) is 0 Å². The number of ether oxygens (including phenoxy) is 2. The molecule has 0 spiro atoms. The Morgan fingerprint density at radius 2 is 1.89 bits per heavy atom. The molecule has 1 aromatic carbocycles. The first-order valence-electron chi connectivity index (χ1n) is 11.5. The minimum Gasteiger partial charge on any atom is -0.495 e. The third kappa shape index (κ3) is 4.92. The topological polar surface area (TPSA) is 109 Å². The molecule has 1 aliphatic carbocycles. The van der Waals surface area contributed by atoms with Crippen LogP contribution in [-0.4, -0.2) is 52.6 Å². The predicted molar refractivity (Wildman–Crippen MR) is 133 cm³/mol. The largest absolute Gasteiger partial charge is 0.495 e. The van der Waals surface area contributed by atoms with Crippen LogP contribution in [0.2, 0.25) is 5.02 Å². The van der Waals surface area contributed by atoms with Gasteiger partial charge in [-0.1, -0.05) is 30.7 Å². The van der Waals surface area contributed by atoms with E-state index in [1.807, 2.05) is 29.7 Å². The molecular weight excluding hydrogens is 490 g/mol. The van der Waals surface area contributed by atoms with Gasteiger partial charge in [-0.3, -0.25) is 4.57 Å². The average molecular weight is 520 g/mol. The van der Waals surface area contributed by atoms with Gasteiger partial charge < -0.3 is 9.47 Å². The molecule has 9 nitrogen and oxygen atoms in total. The third-order valence-corrected chi connectivity index (χ3v) is 9.06. The number of hydrogen-bond donors (Lipinski definition) is 0. The molecule has 0 saturated heterocycles. The maximum absolute atomic E-state index is 13.6. The Morgan fingerprint density at radius 3 is 2.46 bits per heavy atom. The molecule has 0 N–H and O–H groups in total. The lowest BCUT2D eigenvalue weighted by Crippen LogP contribution is -2.30. The molecule has 1 saturated carbocycles. The molecule has 188 valence electrons. The van der Waals surface area contributed by atoms with Gasteiger partial charge in [-0.2, -0.15) is 0 Å². The number of nitrogens with zero attached hydrogens (tertiary/aromatic N) is 5. The van der Waals surface area contributed by atoms with Crippen LogP contribution in [0.3, 0.4) is 0 Å². The Balaban J connectivity index is 1.76. The van der Waals surface area contributed by atoms with Crippen LogP contribution in [0.25, 0.3) is 5.69 Å².